The Balaban J connectivity index is 1.50. The van der Waals surface area contributed by atoms with Crippen molar-refractivity contribution in [3.63, 3.8) is 0 Å². The number of halogens is 1. The van der Waals surface area contributed by atoms with Crippen LogP contribution in [-0.2, 0) is 18.5 Å². The van der Waals surface area contributed by atoms with Gasteiger partial charge in [0.05, 0.1) is 6.54 Å². The molecule has 0 spiro atoms. The number of hydrogen-bond acceptors (Lipinski definition) is 4. The topological polar surface area (TPSA) is 51.0 Å². The van der Waals surface area contributed by atoms with Crippen molar-refractivity contribution in [2.24, 2.45) is 0 Å². The van der Waals surface area contributed by atoms with E-state index in [1.54, 1.807) is 0 Å². The van der Waals surface area contributed by atoms with E-state index < -0.39 is 0 Å². The Morgan fingerprint density at radius 1 is 1.12 bits per heavy atom. The van der Waals surface area contributed by atoms with Crippen molar-refractivity contribution in [1.82, 2.24) is 15.5 Å². The molecule has 0 fully saturated rings. The molecule has 0 amide bonds. The van der Waals surface area contributed by atoms with Crippen molar-refractivity contribution in [3.05, 3.63) is 70.6 Å². The average molecular weight is 354 g/mol. The van der Waals surface area contributed by atoms with Gasteiger partial charge in [-0.25, -0.2) is 0 Å². The molecule has 0 unspecified atom stereocenters. The fraction of sp³-hybridized carbons (Fsp3) is 0.300. The van der Waals surface area contributed by atoms with Gasteiger partial charge in [-0.3, -0.25) is 5.32 Å². The van der Waals surface area contributed by atoms with Crippen LogP contribution in [0, 0.1) is 0 Å². The van der Waals surface area contributed by atoms with Gasteiger partial charge in [-0.05, 0) is 61.6 Å². The van der Waals surface area contributed by atoms with Gasteiger partial charge in [0.1, 0.15) is 0 Å². The van der Waals surface area contributed by atoms with Gasteiger partial charge in [0.25, 0.3) is 0 Å². The third kappa shape index (κ3) is 3.32. The summed E-state index contributed by atoms with van der Waals surface area (Å²) < 4.78 is 5.81. The van der Waals surface area contributed by atoms with E-state index in [4.69, 9.17) is 16.0 Å². The Bertz CT molecular complexity index is 875. The quantitative estimate of drug-likeness (QED) is 0.736. The zero-order valence-electron chi connectivity index (χ0n) is 14.1. The predicted octanol–water partition coefficient (Wildman–Crippen LogP) is 4.73. The summed E-state index contributed by atoms with van der Waals surface area (Å²) >= 11 is 5.92. The van der Waals surface area contributed by atoms with Crippen LogP contribution in [0.25, 0.3) is 11.5 Å². The second-order valence-corrected chi connectivity index (χ2v) is 7.14. The molecule has 0 aliphatic heterocycles. The maximum Gasteiger partial charge on any atom is 0.247 e. The molecule has 2 aromatic carbocycles. The van der Waals surface area contributed by atoms with Gasteiger partial charge in [-0.15, -0.1) is 10.2 Å². The molecule has 0 saturated heterocycles. The van der Waals surface area contributed by atoms with Gasteiger partial charge < -0.3 is 4.42 Å². The summed E-state index contributed by atoms with van der Waals surface area (Å²) in [6.45, 7) is 2.80. The smallest absolute Gasteiger partial charge is 0.247 e. The number of fused-ring (bicyclic) bond motifs is 1. The van der Waals surface area contributed by atoms with Crippen LogP contribution >= 0.6 is 11.6 Å². The largest absolute Gasteiger partial charge is 0.419 e. The average Bonchev–Trinajstić information content (AvgIpc) is 3.10. The first-order valence-corrected chi connectivity index (χ1v) is 8.94. The molecule has 4 nitrogen and oxygen atoms in total. The van der Waals surface area contributed by atoms with Crippen molar-refractivity contribution >= 4 is 11.6 Å². The highest BCUT2D eigenvalue weighted by atomic mass is 35.5. The molecule has 128 valence electrons. The van der Waals surface area contributed by atoms with Crippen molar-refractivity contribution in [3.8, 4) is 11.5 Å². The summed E-state index contributed by atoms with van der Waals surface area (Å²) in [6.07, 6.45) is 3.43. The molecule has 0 radical (unpaired) electrons. The molecular formula is C20H20ClN3O. The van der Waals surface area contributed by atoms with Crippen LogP contribution < -0.4 is 5.32 Å². The van der Waals surface area contributed by atoms with Crippen LogP contribution in [0.2, 0.25) is 5.02 Å². The van der Waals surface area contributed by atoms with E-state index in [1.165, 1.54) is 17.5 Å². The van der Waals surface area contributed by atoms with E-state index in [1.807, 2.05) is 24.3 Å². The molecule has 1 aliphatic rings. The Morgan fingerprint density at radius 3 is 2.76 bits per heavy atom. The number of aryl methyl sites for hydroxylation is 1. The van der Waals surface area contributed by atoms with Crippen molar-refractivity contribution in [2.45, 2.75) is 38.3 Å². The lowest BCUT2D eigenvalue weighted by Gasteiger charge is -2.36. The monoisotopic (exact) mass is 353 g/mol. The molecular weight excluding hydrogens is 334 g/mol. The van der Waals surface area contributed by atoms with Gasteiger partial charge in [0.15, 0.2) is 0 Å². The highest BCUT2D eigenvalue weighted by Crippen LogP contribution is 2.35. The van der Waals surface area contributed by atoms with Crippen LogP contribution in [0.15, 0.2) is 52.9 Å². The first-order valence-electron chi connectivity index (χ1n) is 8.56. The second kappa shape index (κ2) is 6.62. The Hall–Kier alpha value is -2.17. The normalized spacial score (nSPS) is 19.6. The summed E-state index contributed by atoms with van der Waals surface area (Å²) in [4.78, 5) is 0. The minimum Gasteiger partial charge on any atom is -0.419 e. The number of hydrogen-bond donors (Lipinski definition) is 1. The molecule has 0 bridgehead atoms. The lowest BCUT2D eigenvalue weighted by molar-refractivity contribution is 0.295. The Morgan fingerprint density at radius 2 is 1.92 bits per heavy atom. The van der Waals surface area contributed by atoms with E-state index in [0.717, 1.165) is 18.4 Å². The maximum absolute atomic E-state index is 5.92. The van der Waals surface area contributed by atoms with Crippen LogP contribution in [0.5, 0.6) is 0 Å². The lowest BCUT2D eigenvalue weighted by Crippen LogP contribution is -2.41. The van der Waals surface area contributed by atoms with Crippen LogP contribution in [-0.4, -0.2) is 10.2 Å². The second-order valence-electron chi connectivity index (χ2n) is 6.70. The SMILES string of the molecule is C[C@]1(NCc2nnc(-c3ccc(Cl)cc3)o2)CCCc2ccccc21. The zero-order chi connectivity index (χ0) is 17.3. The third-order valence-electron chi connectivity index (χ3n) is 4.92. The van der Waals surface area contributed by atoms with Gasteiger partial charge >= 0.3 is 0 Å². The van der Waals surface area contributed by atoms with Crippen LogP contribution in [0.3, 0.4) is 0 Å². The van der Waals surface area contributed by atoms with Crippen molar-refractivity contribution < 1.29 is 4.42 Å². The molecule has 1 heterocycles. The van der Waals surface area contributed by atoms with E-state index in [2.05, 4.69) is 46.7 Å². The maximum atomic E-state index is 5.92. The first kappa shape index (κ1) is 16.3. The Labute approximate surface area is 152 Å². The fourth-order valence-corrected chi connectivity index (χ4v) is 3.66. The zero-order valence-corrected chi connectivity index (χ0v) is 14.9. The molecule has 5 heteroatoms. The number of aromatic nitrogens is 2. The summed E-state index contributed by atoms with van der Waals surface area (Å²) in [5, 5.41) is 12.6. The van der Waals surface area contributed by atoms with E-state index >= 15 is 0 Å². The molecule has 1 aromatic heterocycles. The highest BCUT2D eigenvalue weighted by Gasteiger charge is 2.31. The number of benzene rings is 2. The molecule has 1 aliphatic carbocycles. The van der Waals surface area contributed by atoms with E-state index in [0.29, 0.717) is 23.3 Å². The molecule has 1 N–H and O–H groups in total. The highest BCUT2D eigenvalue weighted by molar-refractivity contribution is 6.30. The Kier molecular flexibility index (Phi) is 4.32. The van der Waals surface area contributed by atoms with E-state index in [-0.39, 0.29) is 5.54 Å². The first-order chi connectivity index (χ1) is 12.1. The van der Waals surface area contributed by atoms with Crippen LogP contribution in [0.4, 0.5) is 0 Å². The predicted molar refractivity (Wildman–Crippen MR) is 98.3 cm³/mol. The molecule has 0 saturated carbocycles. The molecule has 3 aromatic rings. The molecule has 25 heavy (non-hydrogen) atoms. The van der Waals surface area contributed by atoms with Gasteiger partial charge in [-0.1, -0.05) is 35.9 Å². The molecule has 1 atom stereocenters. The minimum atomic E-state index is -0.0657. The fourth-order valence-electron chi connectivity index (χ4n) is 3.53. The summed E-state index contributed by atoms with van der Waals surface area (Å²) in [6, 6.07) is 16.1. The number of rotatable bonds is 4. The summed E-state index contributed by atoms with van der Waals surface area (Å²) in [5.74, 6) is 1.11. The number of nitrogens with zero attached hydrogens (tertiary/aromatic N) is 2. The lowest BCUT2D eigenvalue weighted by atomic mass is 9.78. The minimum absolute atomic E-state index is 0.0657. The third-order valence-corrected chi connectivity index (χ3v) is 5.17. The molecule has 4 rings (SSSR count). The van der Waals surface area contributed by atoms with Gasteiger partial charge in [0.2, 0.25) is 11.8 Å². The van der Waals surface area contributed by atoms with E-state index in [9.17, 15) is 0 Å². The van der Waals surface area contributed by atoms with Crippen LogP contribution in [0.1, 0.15) is 36.8 Å². The summed E-state index contributed by atoms with van der Waals surface area (Å²) in [5.41, 5.74) is 3.61. The van der Waals surface area contributed by atoms with Crippen molar-refractivity contribution in [1.29, 1.82) is 0 Å². The van der Waals surface area contributed by atoms with Crippen molar-refractivity contribution in [2.75, 3.05) is 0 Å². The van der Waals surface area contributed by atoms with Gasteiger partial charge in [-0.2, -0.15) is 0 Å². The van der Waals surface area contributed by atoms with Gasteiger partial charge in [0, 0.05) is 16.1 Å². The number of nitrogens with one attached hydrogen (secondary N) is 1. The standard InChI is InChI=1S/C20H20ClN3O/c1-20(12-4-6-14-5-2-3-7-17(14)20)22-13-18-23-24-19(25-18)15-8-10-16(21)11-9-15/h2-3,5,7-11,22H,4,6,12-13H2,1H3/t20-/m0/s1. The summed E-state index contributed by atoms with van der Waals surface area (Å²) in [7, 11) is 0.